The number of nitrogens with one attached hydrogen (secondary N) is 1. The second-order valence-electron chi connectivity index (χ2n) is 5.09. The maximum absolute atomic E-state index is 12.0. The van der Waals surface area contributed by atoms with Gasteiger partial charge in [-0.05, 0) is 24.7 Å². The van der Waals surface area contributed by atoms with E-state index in [2.05, 4.69) is 10.4 Å². The smallest absolute Gasteiger partial charge is 0.325 e. The second-order valence-corrected chi connectivity index (χ2v) is 5.09. The summed E-state index contributed by atoms with van der Waals surface area (Å²) in [5, 5.41) is 15.3. The molecule has 6 heteroatoms. The van der Waals surface area contributed by atoms with Gasteiger partial charge in [0.05, 0.1) is 11.9 Å². The number of fused-ring (bicyclic) bond motifs is 1. The molecule has 2 unspecified atom stereocenters. The molecule has 0 aliphatic heterocycles. The molecule has 3 rings (SSSR count). The third-order valence-corrected chi connectivity index (χ3v) is 3.91. The van der Waals surface area contributed by atoms with Crippen molar-refractivity contribution in [2.24, 2.45) is 17.8 Å². The molecule has 0 spiro atoms. The van der Waals surface area contributed by atoms with Gasteiger partial charge < -0.3 is 10.4 Å². The number of hydrogen-bond donors (Lipinski definition) is 2. The van der Waals surface area contributed by atoms with E-state index in [1.54, 1.807) is 6.20 Å². The number of nitrogens with zero attached hydrogens (tertiary/aromatic N) is 2. The third-order valence-electron chi connectivity index (χ3n) is 3.91. The fourth-order valence-electron chi connectivity index (χ4n) is 3.09. The van der Waals surface area contributed by atoms with Gasteiger partial charge in [0.25, 0.3) is 0 Å². The number of anilines is 1. The van der Waals surface area contributed by atoms with Crippen molar-refractivity contribution in [3.63, 3.8) is 0 Å². The van der Waals surface area contributed by atoms with Crippen LogP contribution in [0.4, 0.5) is 5.69 Å². The summed E-state index contributed by atoms with van der Waals surface area (Å²) < 4.78 is 1.30. The van der Waals surface area contributed by atoms with Gasteiger partial charge in [-0.1, -0.05) is 6.42 Å². The van der Waals surface area contributed by atoms with Gasteiger partial charge in [0.1, 0.15) is 6.54 Å². The number of aromatic nitrogens is 2. The topological polar surface area (TPSA) is 84.2 Å². The average molecular weight is 249 g/mol. The van der Waals surface area contributed by atoms with Crippen LogP contribution >= 0.6 is 0 Å². The molecular weight excluding hydrogens is 234 g/mol. The Hall–Kier alpha value is -1.85. The van der Waals surface area contributed by atoms with Gasteiger partial charge in [-0.15, -0.1) is 0 Å². The lowest BCUT2D eigenvalue weighted by atomic mass is 10.1. The van der Waals surface area contributed by atoms with E-state index in [-0.39, 0.29) is 18.4 Å². The van der Waals surface area contributed by atoms with Crippen LogP contribution in [0.3, 0.4) is 0 Å². The van der Waals surface area contributed by atoms with Gasteiger partial charge in [-0.25, -0.2) is 0 Å². The Morgan fingerprint density at radius 3 is 2.83 bits per heavy atom. The van der Waals surface area contributed by atoms with E-state index in [0.29, 0.717) is 17.5 Å². The highest BCUT2D eigenvalue weighted by molar-refractivity contribution is 5.94. The Morgan fingerprint density at radius 2 is 2.17 bits per heavy atom. The molecule has 2 atom stereocenters. The van der Waals surface area contributed by atoms with Crippen molar-refractivity contribution in [3.05, 3.63) is 12.4 Å². The number of carbonyl (C=O) groups is 2. The summed E-state index contributed by atoms with van der Waals surface area (Å²) >= 11 is 0. The molecule has 96 valence electrons. The van der Waals surface area contributed by atoms with Crippen LogP contribution in [-0.4, -0.2) is 26.8 Å². The van der Waals surface area contributed by atoms with Gasteiger partial charge in [0.2, 0.25) is 5.91 Å². The summed E-state index contributed by atoms with van der Waals surface area (Å²) in [4.78, 5) is 22.5. The lowest BCUT2D eigenvalue weighted by Gasteiger charge is -2.03. The summed E-state index contributed by atoms with van der Waals surface area (Å²) in [5.41, 5.74) is 0.575. The average Bonchev–Trinajstić information content (AvgIpc) is 2.66. The second kappa shape index (κ2) is 4.12. The fourth-order valence-corrected chi connectivity index (χ4v) is 3.09. The van der Waals surface area contributed by atoms with Crippen LogP contribution in [0.5, 0.6) is 0 Å². The van der Waals surface area contributed by atoms with Crippen LogP contribution in [0.15, 0.2) is 12.4 Å². The Morgan fingerprint density at radius 1 is 1.44 bits per heavy atom. The molecule has 6 nitrogen and oxygen atoms in total. The zero-order valence-corrected chi connectivity index (χ0v) is 9.87. The van der Waals surface area contributed by atoms with Crippen molar-refractivity contribution in [2.45, 2.75) is 25.8 Å². The number of hydrogen-bond acceptors (Lipinski definition) is 3. The Balaban J connectivity index is 1.58. The molecule has 1 amide bonds. The highest BCUT2D eigenvalue weighted by Gasteiger charge is 2.56. The van der Waals surface area contributed by atoms with Crippen LogP contribution in [0, 0.1) is 17.8 Å². The van der Waals surface area contributed by atoms with Crippen LogP contribution in [0.1, 0.15) is 19.3 Å². The van der Waals surface area contributed by atoms with Crippen LogP contribution in [0.25, 0.3) is 0 Å². The zero-order chi connectivity index (χ0) is 12.7. The number of amides is 1. The molecule has 1 aromatic rings. The minimum absolute atomic E-state index is 0.0552. The molecule has 0 aromatic carbocycles. The summed E-state index contributed by atoms with van der Waals surface area (Å²) in [6.07, 6.45) is 6.61. The SMILES string of the molecule is O=C(O)Cn1cc(NC(=O)C2C3CCCC32)cn1. The van der Waals surface area contributed by atoms with E-state index in [4.69, 9.17) is 5.11 Å². The van der Waals surface area contributed by atoms with Crippen LogP contribution in [0.2, 0.25) is 0 Å². The first kappa shape index (κ1) is 11.3. The number of carboxylic acids is 1. The highest BCUT2D eigenvalue weighted by atomic mass is 16.4. The Bertz CT molecular complexity index is 487. The first-order valence-electron chi connectivity index (χ1n) is 6.20. The van der Waals surface area contributed by atoms with E-state index < -0.39 is 5.97 Å². The molecule has 1 heterocycles. The molecule has 2 N–H and O–H groups in total. The number of carbonyl (C=O) groups excluding carboxylic acids is 1. The van der Waals surface area contributed by atoms with E-state index >= 15 is 0 Å². The Kier molecular flexibility index (Phi) is 2.57. The first-order chi connectivity index (χ1) is 8.65. The highest BCUT2D eigenvalue weighted by Crippen LogP contribution is 2.57. The summed E-state index contributed by atoms with van der Waals surface area (Å²) in [6.45, 7) is -0.190. The molecule has 2 aliphatic rings. The number of aliphatic carboxylic acids is 1. The summed E-state index contributed by atoms with van der Waals surface area (Å²) in [6, 6.07) is 0. The fraction of sp³-hybridized carbons (Fsp3) is 0.583. The standard InChI is InChI=1S/C12H15N3O3/c16-10(17)6-15-5-7(4-13-15)14-12(18)11-8-2-1-3-9(8)11/h4-5,8-9,11H,1-3,6H2,(H,14,18)(H,16,17). The lowest BCUT2D eigenvalue weighted by Crippen LogP contribution is -2.16. The van der Waals surface area contributed by atoms with Crippen molar-refractivity contribution in [2.75, 3.05) is 5.32 Å². The molecule has 2 saturated carbocycles. The molecular formula is C12H15N3O3. The molecule has 0 radical (unpaired) electrons. The normalized spacial score (nSPS) is 28.8. The Labute approximate surface area is 104 Å². The van der Waals surface area contributed by atoms with E-state index in [1.165, 1.54) is 30.1 Å². The predicted octanol–water partition coefficient (Wildman–Crippen LogP) is 0.952. The van der Waals surface area contributed by atoms with Gasteiger partial charge in [0, 0.05) is 12.1 Å². The number of rotatable bonds is 4. The van der Waals surface area contributed by atoms with Crippen molar-refractivity contribution in [3.8, 4) is 0 Å². The third kappa shape index (κ3) is 1.98. The maximum Gasteiger partial charge on any atom is 0.325 e. The van der Waals surface area contributed by atoms with Gasteiger partial charge in [0.15, 0.2) is 0 Å². The zero-order valence-electron chi connectivity index (χ0n) is 9.87. The van der Waals surface area contributed by atoms with Crippen molar-refractivity contribution in [1.29, 1.82) is 0 Å². The molecule has 1 aromatic heterocycles. The van der Waals surface area contributed by atoms with Gasteiger partial charge >= 0.3 is 5.97 Å². The van der Waals surface area contributed by atoms with E-state index in [0.717, 1.165) is 0 Å². The summed E-state index contributed by atoms with van der Waals surface area (Å²) in [5.74, 6) is 0.437. The van der Waals surface area contributed by atoms with E-state index in [9.17, 15) is 9.59 Å². The molecule has 2 fully saturated rings. The number of carboxylic acid groups (broad SMARTS) is 1. The molecule has 18 heavy (non-hydrogen) atoms. The lowest BCUT2D eigenvalue weighted by molar-refractivity contribution is -0.137. The van der Waals surface area contributed by atoms with Crippen LogP contribution in [-0.2, 0) is 16.1 Å². The van der Waals surface area contributed by atoms with Crippen molar-refractivity contribution >= 4 is 17.6 Å². The quantitative estimate of drug-likeness (QED) is 0.832. The largest absolute Gasteiger partial charge is 0.480 e. The minimum Gasteiger partial charge on any atom is -0.480 e. The summed E-state index contributed by atoms with van der Waals surface area (Å²) in [7, 11) is 0. The van der Waals surface area contributed by atoms with Gasteiger partial charge in [-0.2, -0.15) is 5.10 Å². The predicted molar refractivity (Wildman–Crippen MR) is 62.8 cm³/mol. The van der Waals surface area contributed by atoms with Crippen LogP contribution < -0.4 is 5.32 Å². The molecule has 0 bridgehead atoms. The monoisotopic (exact) mass is 249 g/mol. The molecule has 0 saturated heterocycles. The van der Waals surface area contributed by atoms with Crippen molar-refractivity contribution < 1.29 is 14.7 Å². The maximum atomic E-state index is 12.0. The van der Waals surface area contributed by atoms with Crippen molar-refractivity contribution in [1.82, 2.24) is 9.78 Å². The van der Waals surface area contributed by atoms with E-state index in [1.807, 2.05) is 0 Å². The first-order valence-corrected chi connectivity index (χ1v) is 6.20. The minimum atomic E-state index is -0.951. The van der Waals surface area contributed by atoms with Gasteiger partial charge in [-0.3, -0.25) is 14.3 Å². The molecule has 2 aliphatic carbocycles.